The maximum absolute atomic E-state index is 12.8. The van der Waals surface area contributed by atoms with Crippen molar-refractivity contribution in [3.63, 3.8) is 0 Å². The summed E-state index contributed by atoms with van der Waals surface area (Å²) >= 11 is 11.4. The molecule has 3 aromatic rings. The summed E-state index contributed by atoms with van der Waals surface area (Å²) in [6, 6.07) is 11.8. The Bertz CT molecular complexity index is 1150. The molecule has 0 fully saturated rings. The van der Waals surface area contributed by atoms with E-state index in [0.717, 1.165) is 12.1 Å². The van der Waals surface area contributed by atoms with Crippen molar-refractivity contribution in [2.75, 3.05) is 6.61 Å². The molecular formula is C21H18ClF3N4OS. The van der Waals surface area contributed by atoms with E-state index in [1.54, 1.807) is 29.8 Å². The van der Waals surface area contributed by atoms with Crippen molar-refractivity contribution in [2.45, 2.75) is 32.1 Å². The zero-order valence-electron chi connectivity index (χ0n) is 16.6. The zero-order chi connectivity index (χ0) is 22.8. The first kappa shape index (κ1) is 22.8. The topological polar surface area (TPSA) is 62.9 Å². The van der Waals surface area contributed by atoms with Gasteiger partial charge in [-0.25, -0.2) is 4.68 Å². The number of nitriles is 1. The number of hydrogen-bond acceptors (Lipinski definition) is 4. The second-order valence-corrected chi connectivity index (χ2v) is 7.88. The van der Waals surface area contributed by atoms with Crippen molar-refractivity contribution in [3.8, 4) is 11.9 Å². The molecule has 0 radical (unpaired) electrons. The van der Waals surface area contributed by atoms with Crippen molar-refractivity contribution in [3.05, 3.63) is 58.6 Å². The maximum atomic E-state index is 12.8. The first-order chi connectivity index (χ1) is 14.6. The largest absolute Gasteiger partial charge is 0.478 e. The van der Waals surface area contributed by atoms with Crippen LogP contribution in [0, 0.1) is 11.3 Å². The van der Waals surface area contributed by atoms with Gasteiger partial charge in [-0.05, 0) is 44.2 Å². The third-order valence-corrected chi connectivity index (χ3v) is 5.08. The van der Waals surface area contributed by atoms with E-state index < -0.39 is 17.3 Å². The molecule has 0 aliphatic carbocycles. The average molecular weight is 467 g/mol. The molecular weight excluding hydrogens is 449 g/mol. The van der Waals surface area contributed by atoms with Crippen molar-refractivity contribution in [1.82, 2.24) is 15.1 Å². The van der Waals surface area contributed by atoms with Crippen LogP contribution in [0.1, 0.15) is 25.0 Å². The molecule has 0 saturated heterocycles. The fourth-order valence-corrected chi connectivity index (χ4v) is 3.55. The van der Waals surface area contributed by atoms with E-state index in [2.05, 4.69) is 16.5 Å². The standard InChI is InChI=1S/C21H18ClF3N4OS/c1-3-30-19-16-10-15(22)8-9-17(16)28-29(19)12-20(2,11-26)27-18(31)13-4-6-14(7-5-13)21(23,24)25/h4-10H,3,12H2,1-2H3,(H,27,31). The predicted octanol–water partition coefficient (Wildman–Crippen LogP) is 5.35. The van der Waals surface area contributed by atoms with Gasteiger partial charge in [0.15, 0.2) is 0 Å². The van der Waals surface area contributed by atoms with Crippen LogP contribution in [0.4, 0.5) is 13.2 Å². The zero-order valence-corrected chi connectivity index (χ0v) is 18.2. The number of thiocarbonyl (C=S) groups is 1. The number of nitrogens with one attached hydrogen (secondary N) is 1. The lowest BCUT2D eigenvalue weighted by atomic mass is 10.0. The van der Waals surface area contributed by atoms with Crippen molar-refractivity contribution >= 4 is 39.7 Å². The highest BCUT2D eigenvalue weighted by Crippen LogP contribution is 2.30. The van der Waals surface area contributed by atoms with E-state index in [-0.39, 0.29) is 11.5 Å². The third kappa shape index (κ3) is 5.09. The Morgan fingerprint density at radius 3 is 2.52 bits per heavy atom. The molecule has 1 N–H and O–H groups in total. The van der Waals surface area contributed by atoms with E-state index in [1.807, 2.05) is 6.92 Å². The summed E-state index contributed by atoms with van der Waals surface area (Å²) in [5, 5.41) is 18.5. The van der Waals surface area contributed by atoms with E-state index in [4.69, 9.17) is 28.6 Å². The normalized spacial score (nSPS) is 13.5. The Kier molecular flexibility index (Phi) is 6.43. The van der Waals surface area contributed by atoms with Gasteiger partial charge in [0, 0.05) is 10.6 Å². The number of rotatable bonds is 6. The highest BCUT2D eigenvalue weighted by molar-refractivity contribution is 7.80. The van der Waals surface area contributed by atoms with Gasteiger partial charge in [0.2, 0.25) is 5.88 Å². The lowest BCUT2D eigenvalue weighted by molar-refractivity contribution is -0.137. The number of aromatic nitrogens is 2. The number of hydrogen-bond donors (Lipinski definition) is 1. The number of halogens is 4. The van der Waals surface area contributed by atoms with Crippen molar-refractivity contribution in [2.24, 2.45) is 0 Å². The molecule has 5 nitrogen and oxygen atoms in total. The molecule has 0 amide bonds. The van der Waals surface area contributed by atoms with E-state index in [1.165, 1.54) is 12.1 Å². The number of alkyl halides is 3. The number of nitrogens with zero attached hydrogens (tertiary/aromatic N) is 3. The van der Waals surface area contributed by atoms with Crippen LogP contribution in [0.2, 0.25) is 5.02 Å². The molecule has 0 bridgehead atoms. The lowest BCUT2D eigenvalue weighted by Crippen LogP contribution is -2.47. The minimum absolute atomic E-state index is 0.0753. The van der Waals surface area contributed by atoms with Crippen LogP contribution >= 0.6 is 23.8 Å². The minimum Gasteiger partial charge on any atom is -0.478 e. The number of ether oxygens (including phenoxy) is 1. The van der Waals surface area contributed by atoms with Gasteiger partial charge >= 0.3 is 6.18 Å². The Labute approximate surface area is 187 Å². The number of fused-ring (bicyclic) bond motifs is 1. The summed E-state index contributed by atoms with van der Waals surface area (Å²) < 4.78 is 45.6. The number of benzene rings is 2. The molecule has 1 atom stereocenters. The smallest absolute Gasteiger partial charge is 0.416 e. The van der Waals surface area contributed by atoms with Gasteiger partial charge in [-0.3, -0.25) is 0 Å². The molecule has 10 heteroatoms. The molecule has 1 unspecified atom stereocenters. The Hall–Kier alpha value is -2.83. The van der Waals surface area contributed by atoms with Gasteiger partial charge < -0.3 is 10.1 Å². The molecule has 1 heterocycles. The summed E-state index contributed by atoms with van der Waals surface area (Å²) in [6.45, 7) is 3.91. The molecule has 0 aliphatic rings. The predicted molar refractivity (Wildman–Crippen MR) is 116 cm³/mol. The SMILES string of the molecule is CCOc1c2cc(Cl)ccc2nn1CC(C)(C#N)NC(=S)c1ccc(C(F)(F)F)cc1. The van der Waals surface area contributed by atoms with Gasteiger partial charge in [0.05, 0.1) is 35.7 Å². The van der Waals surface area contributed by atoms with E-state index in [9.17, 15) is 18.4 Å². The van der Waals surface area contributed by atoms with Gasteiger partial charge in [0.1, 0.15) is 10.5 Å². The fraction of sp³-hybridized carbons (Fsp3) is 0.286. The second-order valence-electron chi connectivity index (χ2n) is 7.03. The average Bonchev–Trinajstić information content (AvgIpc) is 3.04. The Morgan fingerprint density at radius 1 is 1.26 bits per heavy atom. The van der Waals surface area contributed by atoms with E-state index in [0.29, 0.717) is 34.0 Å². The quantitative estimate of drug-likeness (QED) is 0.496. The van der Waals surface area contributed by atoms with Crippen LogP contribution in [0.25, 0.3) is 10.9 Å². The van der Waals surface area contributed by atoms with Crippen LogP contribution in [0.5, 0.6) is 5.88 Å². The van der Waals surface area contributed by atoms with Crippen molar-refractivity contribution < 1.29 is 17.9 Å². The summed E-state index contributed by atoms with van der Waals surface area (Å²) in [5.41, 5.74) is -0.965. The van der Waals surface area contributed by atoms with Crippen LogP contribution in [0.15, 0.2) is 42.5 Å². The summed E-state index contributed by atoms with van der Waals surface area (Å²) in [5.74, 6) is 0.462. The molecule has 0 aliphatic heterocycles. The first-order valence-corrected chi connectivity index (χ1v) is 10.0. The molecule has 162 valence electrons. The van der Waals surface area contributed by atoms with Crippen molar-refractivity contribution in [1.29, 1.82) is 5.26 Å². The first-order valence-electron chi connectivity index (χ1n) is 9.26. The third-order valence-electron chi connectivity index (χ3n) is 4.51. The Balaban J connectivity index is 1.87. The Morgan fingerprint density at radius 2 is 1.94 bits per heavy atom. The van der Waals surface area contributed by atoms with Gasteiger partial charge in [-0.1, -0.05) is 36.0 Å². The van der Waals surface area contributed by atoms with Crippen LogP contribution in [-0.2, 0) is 12.7 Å². The second kappa shape index (κ2) is 8.73. The summed E-state index contributed by atoms with van der Waals surface area (Å²) in [7, 11) is 0. The highest BCUT2D eigenvalue weighted by atomic mass is 35.5. The van der Waals surface area contributed by atoms with Gasteiger partial charge in [0.25, 0.3) is 0 Å². The molecule has 3 rings (SSSR count). The van der Waals surface area contributed by atoms with Crippen LogP contribution in [-0.4, -0.2) is 26.9 Å². The fourth-order valence-electron chi connectivity index (χ4n) is 3.01. The molecule has 1 aromatic heterocycles. The minimum atomic E-state index is -4.44. The van der Waals surface area contributed by atoms with Gasteiger partial charge in [-0.2, -0.15) is 23.5 Å². The summed E-state index contributed by atoms with van der Waals surface area (Å²) in [4.78, 5) is 0.149. The van der Waals surface area contributed by atoms with E-state index >= 15 is 0 Å². The lowest BCUT2D eigenvalue weighted by Gasteiger charge is -2.25. The molecule has 31 heavy (non-hydrogen) atoms. The van der Waals surface area contributed by atoms with Gasteiger partial charge in [-0.15, -0.1) is 0 Å². The molecule has 0 spiro atoms. The molecule has 0 saturated carbocycles. The molecule has 2 aromatic carbocycles. The van der Waals surface area contributed by atoms with Crippen LogP contribution < -0.4 is 10.1 Å². The summed E-state index contributed by atoms with van der Waals surface area (Å²) in [6.07, 6.45) is -4.44. The highest BCUT2D eigenvalue weighted by Gasteiger charge is 2.31. The van der Waals surface area contributed by atoms with Crippen LogP contribution in [0.3, 0.4) is 0 Å². The monoisotopic (exact) mass is 466 g/mol. The maximum Gasteiger partial charge on any atom is 0.416 e.